The summed E-state index contributed by atoms with van der Waals surface area (Å²) >= 11 is 0. The van der Waals surface area contributed by atoms with E-state index in [1.165, 1.54) is 0 Å². The first-order valence-electron chi connectivity index (χ1n) is 7.06. The lowest BCUT2D eigenvalue weighted by atomic mass is 10.0. The maximum atomic E-state index is 9.36. The Morgan fingerprint density at radius 3 is 2.67 bits per heavy atom. The molecular formula is C17H24N2O2. The van der Waals surface area contributed by atoms with Gasteiger partial charge in [-0.1, -0.05) is 19.9 Å². The van der Waals surface area contributed by atoms with Crippen molar-refractivity contribution in [3.63, 3.8) is 0 Å². The van der Waals surface area contributed by atoms with Crippen molar-refractivity contribution < 1.29 is 9.84 Å². The van der Waals surface area contributed by atoms with Gasteiger partial charge in [0.15, 0.2) is 0 Å². The summed E-state index contributed by atoms with van der Waals surface area (Å²) in [6.45, 7) is 5.93. The van der Waals surface area contributed by atoms with E-state index in [2.05, 4.69) is 5.32 Å². The van der Waals surface area contributed by atoms with Gasteiger partial charge in [-0.3, -0.25) is 0 Å². The molecule has 0 fully saturated rings. The number of phenolic OH excluding ortho intramolecular Hbond substituents is 1. The number of phenols is 1. The van der Waals surface area contributed by atoms with Gasteiger partial charge in [0, 0.05) is 11.9 Å². The van der Waals surface area contributed by atoms with Crippen LogP contribution < -0.4 is 11.1 Å². The first-order chi connectivity index (χ1) is 10.1. The average molecular weight is 288 g/mol. The molecule has 0 saturated carbocycles. The Bertz CT molecular complexity index is 560. The van der Waals surface area contributed by atoms with Crippen LogP contribution in [0.3, 0.4) is 0 Å². The minimum absolute atomic E-state index is 0.149. The van der Waals surface area contributed by atoms with Crippen LogP contribution in [0.25, 0.3) is 0 Å². The number of anilines is 1. The molecule has 114 valence electrons. The van der Waals surface area contributed by atoms with Gasteiger partial charge >= 0.3 is 0 Å². The zero-order valence-corrected chi connectivity index (χ0v) is 13.1. The summed E-state index contributed by atoms with van der Waals surface area (Å²) in [7, 11) is 1.63. The molecule has 1 atom stereocenters. The lowest BCUT2D eigenvalue weighted by Crippen LogP contribution is -2.22. The molecule has 1 aliphatic rings. The summed E-state index contributed by atoms with van der Waals surface area (Å²) in [5.41, 5.74) is 8.82. The molecule has 0 aromatic heterocycles. The maximum Gasteiger partial charge on any atom is 0.119 e. The van der Waals surface area contributed by atoms with Crippen LogP contribution >= 0.6 is 0 Å². The van der Waals surface area contributed by atoms with Crippen LogP contribution in [0.5, 0.6) is 5.75 Å². The molecular weight excluding hydrogens is 264 g/mol. The standard InChI is InChI=1S/C15H18N2O2.C2H6/c1-10-7-12(18)3-6-15(10)17-9-11-8-13(19-2)4-5-14(11)16;1-2/h3-9,14,17-18H,16H2,1-2H3;1-2H3/b11-9-;. The number of nitrogens with two attached hydrogens (primary N) is 1. The number of hydrogen-bond acceptors (Lipinski definition) is 4. The van der Waals surface area contributed by atoms with Gasteiger partial charge in [-0.15, -0.1) is 0 Å². The van der Waals surface area contributed by atoms with Crippen molar-refractivity contribution in [1.82, 2.24) is 0 Å². The predicted molar refractivity (Wildman–Crippen MR) is 88.1 cm³/mol. The van der Waals surface area contributed by atoms with Gasteiger partial charge in [0.05, 0.1) is 13.2 Å². The van der Waals surface area contributed by atoms with Crippen LogP contribution in [0.4, 0.5) is 5.69 Å². The SMILES string of the molecule is CC.COC1=C/C(=C/Nc2ccc(O)cc2C)C(N)C=C1. The summed E-state index contributed by atoms with van der Waals surface area (Å²) < 4.78 is 5.18. The van der Waals surface area contributed by atoms with Gasteiger partial charge in [0.25, 0.3) is 0 Å². The zero-order valence-electron chi connectivity index (χ0n) is 13.1. The topological polar surface area (TPSA) is 67.5 Å². The molecule has 0 amide bonds. The number of rotatable bonds is 3. The number of ether oxygens (including phenoxy) is 1. The summed E-state index contributed by atoms with van der Waals surface area (Å²) in [6, 6.07) is 5.03. The van der Waals surface area contributed by atoms with E-state index in [0.717, 1.165) is 22.6 Å². The number of benzene rings is 1. The molecule has 1 unspecified atom stereocenters. The summed E-state index contributed by atoms with van der Waals surface area (Å²) in [6.07, 6.45) is 7.49. The van der Waals surface area contributed by atoms with Gasteiger partial charge in [0.2, 0.25) is 0 Å². The molecule has 2 rings (SSSR count). The van der Waals surface area contributed by atoms with E-state index in [0.29, 0.717) is 0 Å². The number of aryl methyl sites for hydroxylation is 1. The Kier molecular flexibility index (Phi) is 6.56. The molecule has 1 aromatic carbocycles. The molecule has 0 aliphatic heterocycles. The van der Waals surface area contributed by atoms with Crippen LogP contribution in [0, 0.1) is 6.92 Å². The van der Waals surface area contributed by atoms with Gasteiger partial charge < -0.3 is 20.9 Å². The summed E-state index contributed by atoms with van der Waals surface area (Å²) in [5.74, 6) is 1.03. The molecule has 0 bridgehead atoms. The second-order valence-electron chi connectivity index (χ2n) is 4.42. The molecule has 0 saturated heterocycles. The molecule has 4 N–H and O–H groups in total. The Balaban J connectivity index is 0.00000106. The van der Waals surface area contributed by atoms with Crippen LogP contribution in [0.2, 0.25) is 0 Å². The first kappa shape index (κ1) is 16.9. The minimum atomic E-state index is -0.149. The molecule has 4 nitrogen and oxygen atoms in total. The number of aromatic hydroxyl groups is 1. The van der Waals surface area contributed by atoms with Crippen LogP contribution in [-0.2, 0) is 4.74 Å². The lowest BCUT2D eigenvalue weighted by Gasteiger charge is -2.16. The second-order valence-corrected chi connectivity index (χ2v) is 4.42. The molecule has 1 aromatic rings. The lowest BCUT2D eigenvalue weighted by molar-refractivity contribution is 0.305. The van der Waals surface area contributed by atoms with E-state index in [-0.39, 0.29) is 11.8 Å². The van der Waals surface area contributed by atoms with E-state index in [1.807, 2.05) is 51.3 Å². The third-order valence-corrected chi connectivity index (χ3v) is 3.00. The normalized spacial score (nSPS) is 18.6. The smallest absolute Gasteiger partial charge is 0.119 e. The van der Waals surface area contributed by atoms with Crippen molar-refractivity contribution in [2.24, 2.45) is 5.73 Å². The van der Waals surface area contributed by atoms with Gasteiger partial charge in [-0.2, -0.15) is 0 Å². The van der Waals surface area contributed by atoms with Crippen LogP contribution in [0.1, 0.15) is 19.4 Å². The zero-order chi connectivity index (χ0) is 15.8. The van der Waals surface area contributed by atoms with E-state index >= 15 is 0 Å². The fourth-order valence-electron chi connectivity index (χ4n) is 1.85. The van der Waals surface area contributed by atoms with Gasteiger partial charge in [0.1, 0.15) is 11.5 Å². The highest BCUT2D eigenvalue weighted by molar-refractivity contribution is 5.56. The average Bonchev–Trinajstić information content (AvgIpc) is 2.50. The Labute approximate surface area is 126 Å². The third kappa shape index (κ3) is 4.68. The summed E-state index contributed by atoms with van der Waals surface area (Å²) in [4.78, 5) is 0. The predicted octanol–water partition coefficient (Wildman–Crippen LogP) is 3.45. The van der Waals surface area contributed by atoms with Gasteiger partial charge in [-0.05, 0) is 48.4 Å². The van der Waals surface area contributed by atoms with E-state index < -0.39 is 0 Å². The minimum Gasteiger partial charge on any atom is -0.508 e. The maximum absolute atomic E-state index is 9.36. The quantitative estimate of drug-likeness (QED) is 0.745. The van der Waals surface area contributed by atoms with Crippen LogP contribution in [0.15, 0.2) is 54.0 Å². The molecule has 4 heteroatoms. The highest BCUT2D eigenvalue weighted by Crippen LogP contribution is 2.21. The fourth-order valence-corrected chi connectivity index (χ4v) is 1.85. The van der Waals surface area contributed by atoms with Gasteiger partial charge in [-0.25, -0.2) is 0 Å². The van der Waals surface area contributed by atoms with E-state index in [1.54, 1.807) is 19.2 Å². The number of allylic oxidation sites excluding steroid dienone is 1. The molecule has 0 heterocycles. The van der Waals surface area contributed by atoms with Crippen molar-refractivity contribution in [1.29, 1.82) is 0 Å². The fraction of sp³-hybridized carbons (Fsp3) is 0.294. The van der Waals surface area contributed by atoms with Crippen LogP contribution in [-0.4, -0.2) is 18.3 Å². The van der Waals surface area contributed by atoms with Crippen molar-refractivity contribution in [3.8, 4) is 5.75 Å². The second kappa shape index (κ2) is 8.17. The number of hydrogen-bond donors (Lipinski definition) is 3. The van der Waals surface area contributed by atoms with Crippen molar-refractivity contribution in [2.75, 3.05) is 12.4 Å². The Morgan fingerprint density at radius 2 is 2.05 bits per heavy atom. The Hall–Kier alpha value is -2.20. The van der Waals surface area contributed by atoms with Crippen molar-refractivity contribution in [3.05, 3.63) is 59.5 Å². The molecule has 0 radical (unpaired) electrons. The largest absolute Gasteiger partial charge is 0.508 e. The monoisotopic (exact) mass is 288 g/mol. The number of nitrogens with one attached hydrogen (secondary N) is 1. The van der Waals surface area contributed by atoms with Crippen molar-refractivity contribution in [2.45, 2.75) is 26.8 Å². The molecule has 1 aliphatic carbocycles. The highest BCUT2D eigenvalue weighted by Gasteiger charge is 2.10. The number of methoxy groups -OCH3 is 1. The first-order valence-corrected chi connectivity index (χ1v) is 7.06. The molecule has 0 spiro atoms. The van der Waals surface area contributed by atoms with E-state index in [4.69, 9.17) is 10.5 Å². The van der Waals surface area contributed by atoms with E-state index in [9.17, 15) is 5.11 Å². The molecule has 21 heavy (non-hydrogen) atoms. The third-order valence-electron chi connectivity index (χ3n) is 3.00. The Morgan fingerprint density at radius 1 is 1.33 bits per heavy atom. The van der Waals surface area contributed by atoms with Crippen molar-refractivity contribution >= 4 is 5.69 Å². The summed E-state index contributed by atoms with van der Waals surface area (Å²) in [5, 5.41) is 12.6. The highest BCUT2D eigenvalue weighted by atomic mass is 16.5.